The molecule has 0 aromatic carbocycles. The van der Waals surface area contributed by atoms with Crippen LogP contribution in [0.1, 0.15) is 28.9 Å². The lowest BCUT2D eigenvalue weighted by atomic mass is 10.3. The SMILES string of the molecule is COc1c(NCCCOCC2CC2)sc(C(N)=O)c1N. The summed E-state index contributed by atoms with van der Waals surface area (Å²) in [5.74, 6) is 0.743. The van der Waals surface area contributed by atoms with E-state index in [1.54, 1.807) is 0 Å². The fourth-order valence-electron chi connectivity index (χ4n) is 1.84. The summed E-state index contributed by atoms with van der Waals surface area (Å²) >= 11 is 1.22. The van der Waals surface area contributed by atoms with Gasteiger partial charge in [-0.1, -0.05) is 0 Å². The van der Waals surface area contributed by atoms with Crippen molar-refractivity contribution in [1.82, 2.24) is 0 Å². The van der Waals surface area contributed by atoms with Gasteiger partial charge in [-0.25, -0.2) is 0 Å². The van der Waals surface area contributed by atoms with Crippen LogP contribution in [0.15, 0.2) is 0 Å². The van der Waals surface area contributed by atoms with Crippen molar-refractivity contribution in [2.75, 3.05) is 37.9 Å². The highest BCUT2D eigenvalue weighted by Crippen LogP contribution is 2.42. The number of primary amides is 1. The van der Waals surface area contributed by atoms with Gasteiger partial charge < -0.3 is 26.3 Å². The number of rotatable bonds is 9. The Labute approximate surface area is 122 Å². The molecule has 0 unspecified atom stereocenters. The maximum absolute atomic E-state index is 11.2. The van der Waals surface area contributed by atoms with Gasteiger partial charge in [-0.05, 0) is 25.2 Å². The first-order chi connectivity index (χ1) is 9.63. The number of methoxy groups -OCH3 is 1. The number of carbonyl (C=O) groups excluding carboxylic acids is 1. The van der Waals surface area contributed by atoms with Gasteiger partial charge >= 0.3 is 0 Å². The predicted molar refractivity (Wildman–Crippen MR) is 80.5 cm³/mol. The van der Waals surface area contributed by atoms with Crippen LogP contribution in [0.25, 0.3) is 0 Å². The van der Waals surface area contributed by atoms with Gasteiger partial charge in [-0.15, -0.1) is 11.3 Å². The topological polar surface area (TPSA) is 99.6 Å². The highest BCUT2D eigenvalue weighted by molar-refractivity contribution is 7.19. The van der Waals surface area contributed by atoms with E-state index in [1.807, 2.05) is 0 Å². The highest BCUT2D eigenvalue weighted by atomic mass is 32.1. The third-order valence-electron chi connectivity index (χ3n) is 3.13. The molecule has 5 N–H and O–H groups in total. The molecule has 0 spiro atoms. The first-order valence-electron chi connectivity index (χ1n) is 6.71. The fourth-order valence-corrected chi connectivity index (χ4v) is 2.81. The van der Waals surface area contributed by atoms with Gasteiger partial charge in [0.15, 0.2) is 5.75 Å². The molecule has 20 heavy (non-hydrogen) atoms. The molecule has 0 aliphatic heterocycles. The summed E-state index contributed by atoms with van der Waals surface area (Å²) in [6.07, 6.45) is 3.50. The molecule has 0 radical (unpaired) electrons. The van der Waals surface area contributed by atoms with Gasteiger partial charge in [-0.3, -0.25) is 4.79 Å². The molecule has 1 saturated carbocycles. The van der Waals surface area contributed by atoms with Gasteiger partial charge in [0, 0.05) is 19.8 Å². The summed E-state index contributed by atoms with van der Waals surface area (Å²) in [5, 5.41) is 3.95. The summed E-state index contributed by atoms with van der Waals surface area (Å²) in [5.41, 5.74) is 11.4. The lowest BCUT2D eigenvalue weighted by Crippen LogP contribution is -2.10. The molecule has 1 amide bonds. The number of hydrogen-bond donors (Lipinski definition) is 3. The van der Waals surface area contributed by atoms with Crippen molar-refractivity contribution < 1.29 is 14.3 Å². The van der Waals surface area contributed by atoms with Crippen molar-refractivity contribution in [2.45, 2.75) is 19.3 Å². The van der Waals surface area contributed by atoms with Crippen LogP contribution in [-0.2, 0) is 4.74 Å². The standard InChI is InChI=1S/C13H21N3O3S/c1-18-10-9(14)11(12(15)17)20-13(10)16-5-2-6-19-7-8-3-4-8/h8,16H,2-7,14H2,1H3,(H2,15,17). The van der Waals surface area contributed by atoms with Crippen molar-refractivity contribution in [3.05, 3.63) is 4.88 Å². The first-order valence-corrected chi connectivity index (χ1v) is 7.52. The normalized spacial score (nSPS) is 14.2. The van der Waals surface area contributed by atoms with E-state index >= 15 is 0 Å². The van der Waals surface area contributed by atoms with Crippen LogP contribution in [0.4, 0.5) is 10.7 Å². The summed E-state index contributed by atoms with van der Waals surface area (Å²) in [7, 11) is 1.52. The smallest absolute Gasteiger partial charge is 0.261 e. The van der Waals surface area contributed by atoms with Crippen LogP contribution in [0.3, 0.4) is 0 Å². The van der Waals surface area contributed by atoms with Crippen LogP contribution in [0, 0.1) is 5.92 Å². The van der Waals surface area contributed by atoms with Crippen molar-refractivity contribution in [2.24, 2.45) is 11.7 Å². The molecule has 1 aliphatic rings. The minimum Gasteiger partial charge on any atom is -0.492 e. The number of nitrogens with one attached hydrogen (secondary N) is 1. The number of hydrogen-bond acceptors (Lipinski definition) is 6. The minimum atomic E-state index is -0.536. The monoisotopic (exact) mass is 299 g/mol. The van der Waals surface area contributed by atoms with Gasteiger partial charge in [0.1, 0.15) is 15.6 Å². The maximum atomic E-state index is 11.2. The largest absolute Gasteiger partial charge is 0.492 e. The molecule has 0 bridgehead atoms. The molecule has 112 valence electrons. The number of nitrogen functional groups attached to an aromatic ring is 1. The first kappa shape index (κ1) is 14.9. The predicted octanol–water partition coefficient (Wildman–Crippen LogP) is 1.67. The third-order valence-corrected chi connectivity index (χ3v) is 4.29. The summed E-state index contributed by atoms with van der Waals surface area (Å²) in [4.78, 5) is 11.6. The Balaban J connectivity index is 1.78. The molecular formula is C13H21N3O3S. The Kier molecular flexibility index (Phi) is 5.08. The lowest BCUT2D eigenvalue weighted by molar-refractivity contribution is 0.100. The minimum absolute atomic E-state index is 0.303. The molecule has 1 heterocycles. The molecule has 1 aromatic rings. The fraction of sp³-hybridized carbons (Fsp3) is 0.615. The quantitative estimate of drug-likeness (QED) is 0.602. The number of amides is 1. The maximum Gasteiger partial charge on any atom is 0.261 e. The second kappa shape index (κ2) is 6.81. The molecule has 1 aromatic heterocycles. The van der Waals surface area contributed by atoms with E-state index < -0.39 is 5.91 Å². The van der Waals surface area contributed by atoms with Crippen LogP contribution in [0.5, 0.6) is 5.75 Å². The van der Waals surface area contributed by atoms with Crippen LogP contribution in [0.2, 0.25) is 0 Å². The molecule has 1 aliphatic carbocycles. The van der Waals surface area contributed by atoms with Gasteiger partial charge in [0.25, 0.3) is 5.91 Å². The van der Waals surface area contributed by atoms with Crippen LogP contribution < -0.4 is 21.5 Å². The highest BCUT2D eigenvalue weighted by Gasteiger charge is 2.21. The number of carbonyl (C=O) groups is 1. The summed E-state index contributed by atoms with van der Waals surface area (Å²) in [6.45, 7) is 2.34. The van der Waals surface area contributed by atoms with Crippen LogP contribution >= 0.6 is 11.3 Å². The molecule has 2 rings (SSSR count). The van der Waals surface area contributed by atoms with E-state index in [1.165, 1.54) is 31.3 Å². The second-order valence-corrected chi connectivity index (χ2v) is 5.89. The van der Waals surface area contributed by atoms with E-state index in [2.05, 4.69) is 5.32 Å². The summed E-state index contributed by atoms with van der Waals surface area (Å²) < 4.78 is 10.8. The zero-order valence-electron chi connectivity index (χ0n) is 11.6. The number of thiophene rings is 1. The Morgan fingerprint density at radius 1 is 1.50 bits per heavy atom. The van der Waals surface area contributed by atoms with Gasteiger partial charge in [-0.2, -0.15) is 0 Å². The molecular weight excluding hydrogens is 278 g/mol. The average Bonchev–Trinajstić information content (AvgIpc) is 3.17. The Morgan fingerprint density at radius 3 is 2.85 bits per heavy atom. The Hall–Kier alpha value is -1.47. The van der Waals surface area contributed by atoms with Crippen molar-refractivity contribution in [3.63, 3.8) is 0 Å². The van der Waals surface area contributed by atoms with Crippen molar-refractivity contribution >= 4 is 27.9 Å². The molecule has 1 fully saturated rings. The Morgan fingerprint density at radius 2 is 2.25 bits per heavy atom. The molecule has 0 atom stereocenters. The zero-order valence-corrected chi connectivity index (χ0v) is 12.4. The van der Waals surface area contributed by atoms with E-state index in [0.29, 0.717) is 16.3 Å². The number of ether oxygens (including phenoxy) is 2. The van der Waals surface area contributed by atoms with Gasteiger partial charge in [0.2, 0.25) is 0 Å². The van der Waals surface area contributed by atoms with Crippen molar-refractivity contribution in [1.29, 1.82) is 0 Å². The van der Waals surface area contributed by atoms with E-state index in [-0.39, 0.29) is 0 Å². The Bertz CT molecular complexity index is 472. The molecule has 7 heteroatoms. The third kappa shape index (κ3) is 3.77. The van der Waals surface area contributed by atoms with Crippen LogP contribution in [-0.4, -0.2) is 32.8 Å². The average molecular weight is 299 g/mol. The lowest BCUT2D eigenvalue weighted by Gasteiger charge is -2.07. The second-order valence-electron chi connectivity index (χ2n) is 4.87. The van der Waals surface area contributed by atoms with E-state index in [4.69, 9.17) is 20.9 Å². The van der Waals surface area contributed by atoms with Crippen molar-refractivity contribution in [3.8, 4) is 5.75 Å². The zero-order chi connectivity index (χ0) is 14.5. The molecule has 6 nitrogen and oxygen atoms in total. The van der Waals surface area contributed by atoms with E-state index in [9.17, 15) is 4.79 Å². The number of nitrogens with two attached hydrogens (primary N) is 2. The van der Waals surface area contributed by atoms with Gasteiger partial charge in [0.05, 0.1) is 7.11 Å². The summed E-state index contributed by atoms with van der Waals surface area (Å²) in [6, 6.07) is 0. The molecule has 0 saturated heterocycles. The number of anilines is 2. The van der Waals surface area contributed by atoms with E-state index in [0.717, 1.165) is 37.1 Å².